The van der Waals surface area contributed by atoms with E-state index < -0.39 is 24.1 Å². The van der Waals surface area contributed by atoms with Crippen molar-refractivity contribution in [2.24, 2.45) is 0 Å². The Morgan fingerprint density at radius 1 is 1.15 bits per heavy atom. The lowest BCUT2D eigenvalue weighted by Crippen LogP contribution is -2.56. The molecular weight excluding hydrogens is 438 g/mol. The lowest BCUT2D eigenvalue weighted by Gasteiger charge is -2.42. The number of rotatable bonds is 7. The molecule has 3 atom stereocenters. The van der Waals surface area contributed by atoms with Gasteiger partial charge in [0, 0.05) is 44.3 Å². The molecule has 10 heteroatoms. The largest absolute Gasteiger partial charge is 0.347 e. The molecule has 3 unspecified atom stereocenters. The van der Waals surface area contributed by atoms with Crippen LogP contribution in [-0.2, 0) is 4.79 Å². The molecule has 3 heterocycles. The number of benzene rings is 1. The van der Waals surface area contributed by atoms with Gasteiger partial charge in [-0.3, -0.25) is 4.79 Å². The van der Waals surface area contributed by atoms with E-state index in [0.717, 1.165) is 36.9 Å². The van der Waals surface area contributed by atoms with Crippen molar-refractivity contribution in [1.29, 1.82) is 5.26 Å². The molecule has 2 aliphatic heterocycles. The number of amides is 1. The van der Waals surface area contributed by atoms with Gasteiger partial charge in [-0.2, -0.15) is 5.26 Å². The number of nitrogens with zero attached hydrogens (tertiary/aromatic N) is 4. The predicted molar refractivity (Wildman–Crippen MR) is 113 cm³/mol. The van der Waals surface area contributed by atoms with Gasteiger partial charge in [0.15, 0.2) is 11.6 Å². The van der Waals surface area contributed by atoms with E-state index in [2.05, 4.69) is 15.2 Å². The van der Waals surface area contributed by atoms with Crippen LogP contribution < -0.4 is 10.2 Å². The first-order valence-electron chi connectivity index (χ1n) is 10.8. The van der Waals surface area contributed by atoms with E-state index in [1.165, 1.54) is 6.20 Å². The fourth-order valence-corrected chi connectivity index (χ4v) is 4.64. The molecule has 1 aromatic heterocycles. The van der Waals surface area contributed by atoms with Crippen molar-refractivity contribution in [1.82, 2.24) is 15.2 Å². The standard InChI is InChI=1S/C23H23F4N5O/c24-18-5-2-15(9-19(18)25)22(23(26)27)29-8-7-21(33)31-12-16-3-4-17(13-31)32(16)20-6-1-14(10-28)11-30-20/h1-2,5-6,9,11,16-17,22-23,29H,3-4,7-8,12-13H2. The Morgan fingerprint density at radius 2 is 1.88 bits per heavy atom. The second-order valence-electron chi connectivity index (χ2n) is 8.30. The lowest BCUT2D eigenvalue weighted by molar-refractivity contribution is -0.132. The Kier molecular flexibility index (Phi) is 6.79. The molecule has 2 saturated heterocycles. The number of alkyl halides is 2. The van der Waals surface area contributed by atoms with Crippen molar-refractivity contribution in [2.45, 2.75) is 43.8 Å². The summed E-state index contributed by atoms with van der Waals surface area (Å²) in [5.41, 5.74) is 0.413. The van der Waals surface area contributed by atoms with Gasteiger partial charge in [0.05, 0.1) is 11.6 Å². The molecule has 174 valence electrons. The Hall–Kier alpha value is -3.19. The summed E-state index contributed by atoms with van der Waals surface area (Å²) in [5, 5.41) is 11.6. The molecule has 2 bridgehead atoms. The number of hydrogen-bond acceptors (Lipinski definition) is 5. The molecule has 1 aromatic carbocycles. The number of nitrogens with one attached hydrogen (secondary N) is 1. The van der Waals surface area contributed by atoms with Gasteiger partial charge in [-0.25, -0.2) is 22.5 Å². The van der Waals surface area contributed by atoms with Gasteiger partial charge >= 0.3 is 0 Å². The number of carbonyl (C=O) groups is 1. The third-order valence-corrected chi connectivity index (χ3v) is 6.23. The molecular formula is C23H23F4N5O. The molecule has 0 radical (unpaired) electrons. The maximum absolute atomic E-state index is 13.5. The second-order valence-corrected chi connectivity index (χ2v) is 8.30. The number of anilines is 1. The molecule has 0 aliphatic carbocycles. The van der Waals surface area contributed by atoms with E-state index in [-0.39, 0.29) is 36.5 Å². The quantitative estimate of drug-likeness (QED) is 0.640. The van der Waals surface area contributed by atoms with Crippen LogP contribution in [0.3, 0.4) is 0 Å². The van der Waals surface area contributed by atoms with Crippen molar-refractivity contribution in [3.63, 3.8) is 0 Å². The van der Waals surface area contributed by atoms with Crippen LogP contribution in [0.5, 0.6) is 0 Å². The molecule has 1 N–H and O–H groups in total. The van der Waals surface area contributed by atoms with Crippen molar-refractivity contribution in [2.75, 3.05) is 24.5 Å². The van der Waals surface area contributed by atoms with Crippen LogP contribution in [0.2, 0.25) is 0 Å². The number of carbonyl (C=O) groups excluding carboxylic acids is 1. The molecule has 33 heavy (non-hydrogen) atoms. The van der Waals surface area contributed by atoms with Crippen molar-refractivity contribution in [3.8, 4) is 6.07 Å². The topological polar surface area (TPSA) is 72.3 Å². The third kappa shape index (κ3) is 4.93. The Labute approximate surface area is 188 Å². The van der Waals surface area contributed by atoms with E-state index in [9.17, 15) is 22.4 Å². The minimum Gasteiger partial charge on any atom is -0.347 e. The predicted octanol–water partition coefficient (Wildman–Crippen LogP) is 3.40. The number of halogens is 4. The van der Waals surface area contributed by atoms with Crippen LogP contribution in [-0.4, -0.2) is 53.9 Å². The summed E-state index contributed by atoms with van der Waals surface area (Å²) >= 11 is 0. The zero-order valence-electron chi connectivity index (χ0n) is 17.7. The van der Waals surface area contributed by atoms with E-state index >= 15 is 0 Å². The molecule has 6 nitrogen and oxygen atoms in total. The first-order chi connectivity index (χ1) is 15.9. The highest BCUT2D eigenvalue weighted by molar-refractivity contribution is 5.77. The summed E-state index contributed by atoms with van der Waals surface area (Å²) in [6, 6.07) is 6.96. The Morgan fingerprint density at radius 3 is 2.45 bits per heavy atom. The normalized spacial score (nSPS) is 20.7. The van der Waals surface area contributed by atoms with Crippen LogP contribution in [0.1, 0.15) is 36.4 Å². The zero-order chi connectivity index (χ0) is 23.5. The van der Waals surface area contributed by atoms with Crippen LogP contribution in [0, 0.1) is 23.0 Å². The Balaban J connectivity index is 1.33. The zero-order valence-corrected chi connectivity index (χ0v) is 17.7. The highest BCUT2D eigenvalue weighted by Gasteiger charge is 2.41. The minimum atomic E-state index is -2.84. The number of hydrogen-bond donors (Lipinski definition) is 1. The fourth-order valence-electron chi connectivity index (χ4n) is 4.64. The van der Waals surface area contributed by atoms with Gasteiger partial charge in [-0.05, 0) is 42.7 Å². The third-order valence-electron chi connectivity index (χ3n) is 6.23. The van der Waals surface area contributed by atoms with Gasteiger partial charge < -0.3 is 15.1 Å². The van der Waals surface area contributed by atoms with Gasteiger partial charge in [0.25, 0.3) is 6.43 Å². The molecule has 2 aliphatic rings. The molecule has 0 spiro atoms. The summed E-state index contributed by atoms with van der Waals surface area (Å²) in [5.74, 6) is -1.67. The average molecular weight is 461 g/mol. The van der Waals surface area contributed by atoms with Crippen molar-refractivity contribution in [3.05, 3.63) is 59.3 Å². The average Bonchev–Trinajstić information content (AvgIpc) is 3.07. The number of fused-ring (bicyclic) bond motifs is 2. The number of likely N-dealkylation sites (tertiary alicyclic amines) is 1. The van der Waals surface area contributed by atoms with E-state index in [1.54, 1.807) is 11.0 Å². The number of piperazine rings is 1. The van der Waals surface area contributed by atoms with Gasteiger partial charge in [-0.15, -0.1) is 0 Å². The second kappa shape index (κ2) is 9.75. The van der Waals surface area contributed by atoms with Crippen LogP contribution >= 0.6 is 0 Å². The van der Waals surface area contributed by atoms with E-state index in [0.29, 0.717) is 18.7 Å². The van der Waals surface area contributed by atoms with E-state index in [4.69, 9.17) is 5.26 Å². The first kappa shape index (κ1) is 23.0. The SMILES string of the molecule is N#Cc1ccc(N2C3CCC2CN(C(=O)CCNC(c2ccc(F)c(F)c2)C(F)F)C3)nc1. The summed E-state index contributed by atoms with van der Waals surface area (Å²) in [6.07, 6.45) is 0.533. The first-order valence-corrected chi connectivity index (χ1v) is 10.8. The van der Waals surface area contributed by atoms with E-state index in [1.807, 2.05) is 12.1 Å². The molecule has 0 saturated carbocycles. The maximum Gasteiger partial charge on any atom is 0.257 e. The van der Waals surface area contributed by atoms with Crippen molar-refractivity contribution < 1.29 is 22.4 Å². The molecule has 4 rings (SSSR count). The minimum absolute atomic E-state index is 0.0143. The number of pyridine rings is 1. The summed E-state index contributed by atoms with van der Waals surface area (Å²) in [7, 11) is 0. The van der Waals surface area contributed by atoms with Gasteiger partial charge in [0.1, 0.15) is 11.9 Å². The highest BCUT2D eigenvalue weighted by Crippen LogP contribution is 2.34. The lowest BCUT2D eigenvalue weighted by atomic mass is 10.1. The van der Waals surface area contributed by atoms with Gasteiger partial charge in [0.2, 0.25) is 5.91 Å². The number of aromatic nitrogens is 1. The summed E-state index contributed by atoms with van der Waals surface area (Å²) < 4.78 is 53.5. The van der Waals surface area contributed by atoms with Crippen molar-refractivity contribution >= 4 is 11.7 Å². The molecule has 2 fully saturated rings. The van der Waals surface area contributed by atoms with Crippen LogP contribution in [0.4, 0.5) is 23.4 Å². The summed E-state index contributed by atoms with van der Waals surface area (Å²) in [4.78, 5) is 21.1. The summed E-state index contributed by atoms with van der Waals surface area (Å²) in [6.45, 7) is 1.01. The highest BCUT2D eigenvalue weighted by atomic mass is 19.3. The Bertz CT molecular complexity index is 1030. The van der Waals surface area contributed by atoms with Crippen LogP contribution in [0.25, 0.3) is 0 Å². The molecule has 1 amide bonds. The fraction of sp³-hybridized carbons (Fsp3) is 0.435. The van der Waals surface area contributed by atoms with Crippen LogP contribution in [0.15, 0.2) is 36.5 Å². The monoisotopic (exact) mass is 461 g/mol. The smallest absolute Gasteiger partial charge is 0.257 e. The van der Waals surface area contributed by atoms with Gasteiger partial charge in [-0.1, -0.05) is 6.07 Å². The maximum atomic E-state index is 13.5. The number of nitriles is 1. The molecule has 2 aromatic rings.